The predicted molar refractivity (Wildman–Crippen MR) is 113 cm³/mol. The number of rotatable bonds is 6. The second-order valence-electron chi connectivity index (χ2n) is 7.37. The van der Waals surface area contributed by atoms with Crippen LogP contribution in [0.3, 0.4) is 0 Å². The third-order valence-electron chi connectivity index (χ3n) is 5.03. The predicted octanol–water partition coefficient (Wildman–Crippen LogP) is 3.97. The first-order chi connectivity index (χ1) is 15.0. The summed E-state index contributed by atoms with van der Waals surface area (Å²) in [7, 11) is 0. The number of alkyl halides is 3. The quantitative estimate of drug-likeness (QED) is 0.571. The molecule has 2 aromatic carbocycles. The Morgan fingerprint density at radius 3 is 2.47 bits per heavy atom. The fourth-order valence-electron chi connectivity index (χ4n) is 3.31. The monoisotopic (exact) mass is 490 g/mol. The summed E-state index contributed by atoms with van der Waals surface area (Å²) in [5.74, 6) is -0.496. The first kappa shape index (κ1) is 24.3. The second-order valence-corrected chi connectivity index (χ2v) is 8.24. The van der Waals surface area contributed by atoms with E-state index >= 15 is 0 Å². The van der Waals surface area contributed by atoms with Crippen LogP contribution in [0.5, 0.6) is 0 Å². The standard InChI is InChI=1S/C21H19Cl2F3N2O4/c1-11-4-12(2-3-17(11)19(31)27-9-16(30)10-29)18-8-20(32-28-18,21(24,25)26)13-5-14(22)7-15(23)6-13/h2-7,16,29-30H,8-10H2,1H3,(H,27,31). The first-order valence-corrected chi connectivity index (χ1v) is 10.2. The number of carbonyl (C=O) groups excluding carboxylic acids is 1. The minimum atomic E-state index is -4.81. The summed E-state index contributed by atoms with van der Waals surface area (Å²) < 4.78 is 42.3. The van der Waals surface area contributed by atoms with Crippen molar-refractivity contribution in [3.8, 4) is 0 Å². The second kappa shape index (κ2) is 9.27. The summed E-state index contributed by atoms with van der Waals surface area (Å²) in [6.07, 6.45) is -6.52. The van der Waals surface area contributed by atoms with E-state index in [2.05, 4.69) is 10.5 Å². The van der Waals surface area contributed by atoms with Gasteiger partial charge in [-0.1, -0.05) is 34.4 Å². The van der Waals surface area contributed by atoms with Crippen LogP contribution in [0.4, 0.5) is 13.2 Å². The molecule has 3 N–H and O–H groups in total. The number of benzene rings is 2. The lowest BCUT2D eigenvalue weighted by Gasteiger charge is -2.29. The largest absolute Gasteiger partial charge is 0.435 e. The zero-order valence-corrected chi connectivity index (χ0v) is 18.2. The van der Waals surface area contributed by atoms with E-state index in [0.717, 1.165) is 12.1 Å². The summed E-state index contributed by atoms with van der Waals surface area (Å²) in [6, 6.07) is 8.02. The number of nitrogens with zero attached hydrogens (tertiary/aromatic N) is 1. The highest BCUT2D eigenvalue weighted by Gasteiger charge is 2.62. The van der Waals surface area contributed by atoms with Gasteiger partial charge in [0.2, 0.25) is 0 Å². The first-order valence-electron chi connectivity index (χ1n) is 9.43. The summed E-state index contributed by atoms with van der Waals surface area (Å²) in [5, 5.41) is 24.4. The van der Waals surface area contributed by atoms with Crippen LogP contribution >= 0.6 is 23.2 Å². The van der Waals surface area contributed by atoms with Crippen molar-refractivity contribution in [3.63, 3.8) is 0 Å². The van der Waals surface area contributed by atoms with Gasteiger partial charge in [-0.25, -0.2) is 0 Å². The molecule has 0 aliphatic carbocycles. The van der Waals surface area contributed by atoms with Crippen LogP contribution in [0, 0.1) is 6.92 Å². The smallest absolute Gasteiger partial charge is 0.394 e. The Kier molecular flexibility index (Phi) is 7.04. The molecule has 0 bridgehead atoms. The Hall–Kier alpha value is -2.33. The van der Waals surface area contributed by atoms with Crippen LogP contribution in [0.15, 0.2) is 41.6 Å². The van der Waals surface area contributed by atoms with E-state index < -0.39 is 36.8 Å². The SMILES string of the molecule is Cc1cc(C2=NOC(c3cc(Cl)cc(Cl)c3)(C(F)(F)F)C2)ccc1C(=O)NCC(O)CO. The molecular weight excluding hydrogens is 472 g/mol. The lowest BCUT2D eigenvalue weighted by atomic mass is 9.86. The molecule has 0 fully saturated rings. The van der Waals surface area contributed by atoms with E-state index in [9.17, 15) is 23.1 Å². The molecule has 11 heteroatoms. The van der Waals surface area contributed by atoms with E-state index in [1.807, 2.05) is 0 Å². The van der Waals surface area contributed by atoms with Crippen molar-refractivity contribution in [1.82, 2.24) is 5.32 Å². The van der Waals surface area contributed by atoms with Crippen LogP contribution in [0.2, 0.25) is 10.0 Å². The van der Waals surface area contributed by atoms with Gasteiger partial charge in [0.05, 0.1) is 18.4 Å². The minimum absolute atomic E-state index is 0.0331. The van der Waals surface area contributed by atoms with Crippen molar-refractivity contribution in [2.24, 2.45) is 5.16 Å². The van der Waals surface area contributed by atoms with E-state index in [-0.39, 0.29) is 33.4 Å². The van der Waals surface area contributed by atoms with E-state index in [1.54, 1.807) is 6.92 Å². The lowest BCUT2D eigenvalue weighted by Crippen LogP contribution is -2.42. The molecule has 0 aromatic heterocycles. The van der Waals surface area contributed by atoms with Gasteiger partial charge in [-0.2, -0.15) is 13.2 Å². The van der Waals surface area contributed by atoms with Crippen LogP contribution in [-0.4, -0.2) is 47.3 Å². The zero-order valence-electron chi connectivity index (χ0n) is 16.7. The molecule has 1 heterocycles. The van der Waals surface area contributed by atoms with Crippen LogP contribution in [-0.2, 0) is 10.4 Å². The average Bonchev–Trinajstić information content (AvgIpc) is 3.18. The van der Waals surface area contributed by atoms with Gasteiger partial charge in [-0.3, -0.25) is 4.79 Å². The summed E-state index contributed by atoms with van der Waals surface area (Å²) in [4.78, 5) is 17.2. The molecule has 172 valence electrons. The van der Waals surface area contributed by atoms with Gasteiger partial charge >= 0.3 is 6.18 Å². The van der Waals surface area contributed by atoms with Crippen molar-refractivity contribution in [3.05, 3.63) is 68.7 Å². The molecule has 2 atom stereocenters. The van der Waals surface area contributed by atoms with Gasteiger partial charge in [0.15, 0.2) is 0 Å². The van der Waals surface area contributed by atoms with Gasteiger partial charge in [0.1, 0.15) is 0 Å². The van der Waals surface area contributed by atoms with Crippen LogP contribution < -0.4 is 5.32 Å². The fourth-order valence-corrected chi connectivity index (χ4v) is 3.84. The highest BCUT2D eigenvalue weighted by Crippen LogP contribution is 2.49. The van der Waals surface area contributed by atoms with Gasteiger partial charge in [-0.05, 0) is 48.4 Å². The van der Waals surface area contributed by atoms with Crippen LogP contribution in [0.25, 0.3) is 0 Å². The van der Waals surface area contributed by atoms with Gasteiger partial charge in [0.25, 0.3) is 11.5 Å². The van der Waals surface area contributed by atoms with Crippen molar-refractivity contribution in [1.29, 1.82) is 0 Å². The van der Waals surface area contributed by atoms with Crippen molar-refractivity contribution < 1.29 is 33.0 Å². The normalized spacial score (nSPS) is 19.3. The topological polar surface area (TPSA) is 91.2 Å². The number of hydrogen-bond acceptors (Lipinski definition) is 5. The van der Waals surface area contributed by atoms with Gasteiger partial charge in [0, 0.05) is 34.1 Å². The minimum Gasteiger partial charge on any atom is -0.394 e. The Bertz CT molecular complexity index is 1040. The Morgan fingerprint density at radius 1 is 1.25 bits per heavy atom. The Labute approximate surface area is 191 Å². The van der Waals surface area contributed by atoms with E-state index in [0.29, 0.717) is 11.1 Å². The molecule has 1 amide bonds. The maximum Gasteiger partial charge on any atom is 0.435 e. The highest BCUT2D eigenvalue weighted by atomic mass is 35.5. The number of nitrogens with one attached hydrogen (secondary N) is 1. The third kappa shape index (κ3) is 4.85. The molecule has 2 unspecified atom stereocenters. The van der Waals surface area contributed by atoms with Crippen molar-refractivity contribution in [2.45, 2.75) is 31.2 Å². The van der Waals surface area contributed by atoms with E-state index in [1.165, 1.54) is 24.3 Å². The maximum absolute atomic E-state index is 14.1. The molecule has 32 heavy (non-hydrogen) atoms. The number of aliphatic hydroxyl groups excluding tert-OH is 2. The van der Waals surface area contributed by atoms with Gasteiger partial charge < -0.3 is 20.4 Å². The summed E-state index contributed by atoms with van der Waals surface area (Å²) >= 11 is 11.8. The maximum atomic E-state index is 14.1. The summed E-state index contributed by atoms with van der Waals surface area (Å²) in [5.41, 5.74) is -1.87. The molecule has 2 aromatic rings. The molecule has 3 rings (SSSR count). The van der Waals surface area contributed by atoms with Crippen molar-refractivity contribution >= 4 is 34.8 Å². The fraction of sp³-hybridized carbons (Fsp3) is 0.333. The number of aryl methyl sites for hydroxylation is 1. The average molecular weight is 491 g/mol. The van der Waals surface area contributed by atoms with E-state index in [4.69, 9.17) is 33.1 Å². The molecule has 1 aliphatic rings. The molecule has 0 radical (unpaired) electrons. The third-order valence-corrected chi connectivity index (χ3v) is 5.46. The number of halogens is 5. The number of oxime groups is 1. The lowest BCUT2D eigenvalue weighted by molar-refractivity contribution is -0.275. The summed E-state index contributed by atoms with van der Waals surface area (Å²) in [6.45, 7) is 0.967. The number of amides is 1. The molecule has 1 aliphatic heterocycles. The molecular formula is C21H19Cl2F3N2O4. The molecule has 0 saturated heterocycles. The number of aliphatic hydroxyl groups is 2. The zero-order chi connectivity index (χ0) is 23.7. The molecule has 0 spiro atoms. The van der Waals surface area contributed by atoms with Crippen molar-refractivity contribution in [2.75, 3.05) is 13.2 Å². The van der Waals surface area contributed by atoms with Gasteiger partial charge in [-0.15, -0.1) is 0 Å². The number of carbonyl (C=O) groups is 1. The Morgan fingerprint density at radius 2 is 1.91 bits per heavy atom. The van der Waals surface area contributed by atoms with Crippen LogP contribution in [0.1, 0.15) is 33.5 Å². The number of hydrogen-bond donors (Lipinski definition) is 3. The highest BCUT2D eigenvalue weighted by molar-refractivity contribution is 6.34. The molecule has 6 nitrogen and oxygen atoms in total. The Balaban J connectivity index is 1.87. The molecule has 0 saturated carbocycles.